The quantitative estimate of drug-likeness (QED) is 0.352. The molecule has 0 saturated carbocycles. The molecule has 1 fully saturated rings. The predicted molar refractivity (Wildman–Crippen MR) is 85.3 cm³/mol. The van der Waals surface area contributed by atoms with Crippen LogP contribution in [0.25, 0.3) is 0 Å². The molecule has 0 aromatic carbocycles. The van der Waals surface area contributed by atoms with Gasteiger partial charge in [-0.3, -0.25) is 0 Å². The number of hydrogen-bond donors (Lipinski definition) is 0. The summed E-state index contributed by atoms with van der Waals surface area (Å²) in [6, 6.07) is 0. The van der Waals surface area contributed by atoms with E-state index in [1.807, 2.05) is 6.92 Å². The lowest BCUT2D eigenvalue weighted by Crippen LogP contribution is -2.48. The van der Waals surface area contributed by atoms with Crippen molar-refractivity contribution in [1.29, 1.82) is 0 Å². The normalized spacial score (nSPS) is 23.3. The topological polar surface area (TPSA) is 46.2 Å². The Bertz CT molecular complexity index is 319. The van der Waals surface area contributed by atoms with Gasteiger partial charge in [0.2, 0.25) is 0 Å². The van der Waals surface area contributed by atoms with E-state index in [0.717, 1.165) is 0 Å². The first-order valence-electron chi connectivity index (χ1n) is 7.94. The van der Waals surface area contributed by atoms with Gasteiger partial charge in [-0.2, -0.15) is 0 Å². The van der Waals surface area contributed by atoms with E-state index >= 15 is 0 Å². The van der Waals surface area contributed by atoms with E-state index in [-0.39, 0.29) is 29.8 Å². The lowest BCUT2D eigenvalue weighted by molar-refractivity contribution is -0.268. The summed E-state index contributed by atoms with van der Waals surface area (Å²) in [5, 5.41) is 0. The van der Waals surface area contributed by atoms with Crippen LogP contribution < -0.4 is 0 Å². The molecule has 0 bridgehead atoms. The van der Waals surface area contributed by atoms with Crippen molar-refractivity contribution in [3.05, 3.63) is 12.8 Å². The Morgan fingerprint density at radius 1 is 1.05 bits per heavy atom. The Kier molecular flexibility index (Phi) is 7.83. The molecular weight excluding hydrogens is 284 g/mol. The van der Waals surface area contributed by atoms with E-state index in [4.69, 9.17) is 23.7 Å². The zero-order valence-corrected chi connectivity index (χ0v) is 14.7. The number of hydrogen-bond acceptors (Lipinski definition) is 5. The Morgan fingerprint density at radius 2 is 1.64 bits per heavy atom. The van der Waals surface area contributed by atoms with Crippen molar-refractivity contribution in [1.82, 2.24) is 0 Å². The molecule has 1 aliphatic heterocycles. The predicted octanol–water partition coefficient (Wildman–Crippen LogP) is 3.20. The van der Waals surface area contributed by atoms with Crippen LogP contribution in [0, 0.1) is 16.7 Å². The molecule has 1 saturated heterocycles. The van der Waals surface area contributed by atoms with Crippen LogP contribution in [0.2, 0.25) is 0 Å². The van der Waals surface area contributed by atoms with Crippen molar-refractivity contribution in [3.63, 3.8) is 0 Å². The van der Waals surface area contributed by atoms with Crippen LogP contribution in [0.1, 0.15) is 34.6 Å². The first-order chi connectivity index (χ1) is 10.3. The average Bonchev–Trinajstić information content (AvgIpc) is 2.50. The first kappa shape index (κ1) is 19.4. The molecule has 1 heterocycles. The van der Waals surface area contributed by atoms with E-state index in [1.54, 1.807) is 0 Å². The van der Waals surface area contributed by atoms with Gasteiger partial charge in [-0.15, -0.1) is 0 Å². The molecule has 130 valence electrons. The van der Waals surface area contributed by atoms with Crippen molar-refractivity contribution >= 4 is 0 Å². The monoisotopic (exact) mass is 316 g/mol. The van der Waals surface area contributed by atoms with E-state index < -0.39 is 0 Å². The van der Waals surface area contributed by atoms with Crippen LogP contribution in [-0.2, 0) is 23.7 Å². The molecule has 5 nitrogen and oxygen atoms in total. The molecule has 5 heteroatoms. The van der Waals surface area contributed by atoms with Gasteiger partial charge >= 0.3 is 0 Å². The van der Waals surface area contributed by atoms with Crippen LogP contribution in [0.4, 0.5) is 0 Å². The molecule has 22 heavy (non-hydrogen) atoms. The third-order valence-corrected chi connectivity index (χ3v) is 4.06. The summed E-state index contributed by atoms with van der Waals surface area (Å²) >= 11 is 0. The summed E-state index contributed by atoms with van der Waals surface area (Å²) in [5.41, 5.74) is -0.195. The fourth-order valence-electron chi connectivity index (χ4n) is 2.36. The molecule has 0 radical (unpaired) electrons. The van der Waals surface area contributed by atoms with Crippen molar-refractivity contribution < 1.29 is 23.7 Å². The maximum Gasteiger partial charge on any atom is 0.188 e. The second-order valence-corrected chi connectivity index (χ2v) is 7.11. The molecular formula is C17H32O5. The van der Waals surface area contributed by atoms with Gasteiger partial charge in [0.25, 0.3) is 0 Å². The third-order valence-electron chi connectivity index (χ3n) is 4.06. The lowest BCUT2D eigenvalue weighted by atomic mass is 9.79. The summed E-state index contributed by atoms with van der Waals surface area (Å²) in [7, 11) is 0. The lowest BCUT2D eigenvalue weighted by Gasteiger charge is -2.43. The highest BCUT2D eigenvalue weighted by molar-refractivity contribution is 4.83. The molecule has 1 aliphatic rings. The van der Waals surface area contributed by atoms with Crippen molar-refractivity contribution in [3.8, 4) is 0 Å². The molecule has 1 rings (SSSR count). The SMILES string of the molecule is C=COCOCC(C)(C)C1COC(C(C)(C)COCC)OC1. The smallest absolute Gasteiger partial charge is 0.188 e. The van der Waals surface area contributed by atoms with Crippen molar-refractivity contribution in [2.45, 2.75) is 40.9 Å². The minimum absolute atomic E-state index is 0.0421. The van der Waals surface area contributed by atoms with Gasteiger partial charge in [-0.05, 0) is 12.3 Å². The zero-order valence-electron chi connectivity index (χ0n) is 14.7. The molecule has 0 atom stereocenters. The maximum absolute atomic E-state index is 5.96. The van der Waals surface area contributed by atoms with Gasteiger partial charge in [0.05, 0.1) is 32.7 Å². The highest BCUT2D eigenvalue weighted by Gasteiger charge is 2.40. The fraction of sp³-hybridized carbons (Fsp3) is 0.882. The highest BCUT2D eigenvalue weighted by Crippen LogP contribution is 2.35. The van der Waals surface area contributed by atoms with E-state index in [0.29, 0.717) is 33.0 Å². The van der Waals surface area contributed by atoms with Gasteiger partial charge in [-0.25, -0.2) is 0 Å². The maximum atomic E-state index is 5.96. The van der Waals surface area contributed by atoms with Gasteiger partial charge in [0, 0.05) is 17.9 Å². The standard InChI is InChI=1S/C17H32O5/c1-7-18-12-17(5,6)15-21-9-14(10-22-15)16(3,4)11-20-13-19-8-2/h8,14-15H,2,7,9-13H2,1,3-6H3. The Morgan fingerprint density at radius 3 is 2.18 bits per heavy atom. The van der Waals surface area contributed by atoms with Crippen LogP contribution in [0.5, 0.6) is 0 Å². The Labute approximate surface area is 134 Å². The summed E-state index contributed by atoms with van der Waals surface area (Å²) < 4.78 is 27.9. The molecule has 0 aromatic rings. The van der Waals surface area contributed by atoms with E-state index in [9.17, 15) is 0 Å². The zero-order chi connectivity index (χ0) is 16.6. The van der Waals surface area contributed by atoms with Crippen LogP contribution in [-0.4, -0.2) is 46.1 Å². The van der Waals surface area contributed by atoms with Crippen molar-refractivity contribution in [2.24, 2.45) is 16.7 Å². The fourth-order valence-corrected chi connectivity index (χ4v) is 2.36. The minimum Gasteiger partial charge on any atom is -0.476 e. The third kappa shape index (κ3) is 5.88. The Hall–Kier alpha value is -0.620. The largest absolute Gasteiger partial charge is 0.476 e. The molecule has 0 amide bonds. The molecule has 0 aliphatic carbocycles. The van der Waals surface area contributed by atoms with Gasteiger partial charge < -0.3 is 23.7 Å². The summed E-state index contributed by atoms with van der Waals surface area (Å²) in [6.45, 7) is 17.5. The van der Waals surface area contributed by atoms with Crippen LogP contribution in [0.3, 0.4) is 0 Å². The van der Waals surface area contributed by atoms with Crippen LogP contribution in [0.15, 0.2) is 12.8 Å². The Balaban J connectivity index is 2.41. The van der Waals surface area contributed by atoms with Crippen molar-refractivity contribution in [2.75, 3.05) is 39.8 Å². The highest BCUT2D eigenvalue weighted by atomic mass is 16.7. The molecule has 0 aromatic heterocycles. The molecule has 0 N–H and O–H groups in total. The molecule has 0 spiro atoms. The van der Waals surface area contributed by atoms with Gasteiger partial charge in [0.15, 0.2) is 13.1 Å². The number of rotatable bonds is 10. The van der Waals surface area contributed by atoms with Gasteiger partial charge in [0.1, 0.15) is 0 Å². The van der Waals surface area contributed by atoms with Gasteiger partial charge in [-0.1, -0.05) is 34.3 Å². The first-order valence-corrected chi connectivity index (χ1v) is 7.94. The summed E-state index contributed by atoms with van der Waals surface area (Å²) in [6.07, 6.45) is 1.15. The minimum atomic E-state index is -0.226. The average molecular weight is 316 g/mol. The van der Waals surface area contributed by atoms with Crippen LogP contribution >= 0.6 is 0 Å². The summed E-state index contributed by atoms with van der Waals surface area (Å²) in [5.74, 6) is 0.287. The number of ether oxygens (including phenoxy) is 5. The molecule has 0 unspecified atom stereocenters. The van der Waals surface area contributed by atoms with E-state index in [2.05, 4.69) is 34.3 Å². The summed E-state index contributed by atoms with van der Waals surface area (Å²) in [4.78, 5) is 0. The second-order valence-electron chi connectivity index (χ2n) is 7.11. The second kappa shape index (κ2) is 8.87. The van der Waals surface area contributed by atoms with E-state index in [1.165, 1.54) is 6.26 Å².